The average molecular weight is 229 g/mol. The van der Waals surface area contributed by atoms with Crippen LogP contribution in [0.3, 0.4) is 0 Å². The standard InChI is InChI=1S/C9H19N5S/c1-3-5-14-9(11-12-13-14)7-15-6-4-8(2)10/h8H,3-7,10H2,1-2H3. The molecule has 1 heterocycles. The lowest BCUT2D eigenvalue weighted by molar-refractivity contribution is 0.564. The van der Waals surface area contributed by atoms with Gasteiger partial charge in [0.05, 0.1) is 5.75 Å². The van der Waals surface area contributed by atoms with E-state index < -0.39 is 0 Å². The minimum Gasteiger partial charge on any atom is -0.328 e. The maximum absolute atomic E-state index is 5.67. The zero-order chi connectivity index (χ0) is 11.1. The second-order valence-corrected chi connectivity index (χ2v) is 4.74. The highest BCUT2D eigenvalue weighted by atomic mass is 32.2. The summed E-state index contributed by atoms with van der Waals surface area (Å²) in [7, 11) is 0. The van der Waals surface area contributed by atoms with E-state index in [1.165, 1.54) is 0 Å². The molecule has 0 saturated carbocycles. The zero-order valence-corrected chi connectivity index (χ0v) is 10.2. The Balaban J connectivity index is 2.27. The summed E-state index contributed by atoms with van der Waals surface area (Å²) in [6.45, 7) is 5.05. The van der Waals surface area contributed by atoms with E-state index in [0.29, 0.717) is 0 Å². The Morgan fingerprint density at radius 2 is 2.33 bits per heavy atom. The Kier molecular flexibility index (Phi) is 5.63. The fourth-order valence-corrected chi connectivity index (χ4v) is 2.22. The Bertz CT molecular complexity index is 273. The van der Waals surface area contributed by atoms with Crippen LogP contribution >= 0.6 is 11.8 Å². The summed E-state index contributed by atoms with van der Waals surface area (Å²) < 4.78 is 1.87. The molecule has 0 bridgehead atoms. The normalized spacial score (nSPS) is 13.0. The van der Waals surface area contributed by atoms with Crippen LogP contribution in [0.4, 0.5) is 0 Å². The number of hydrogen-bond acceptors (Lipinski definition) is 5. The SMILES string of the molecule is CCCn1nnnc1CSCCC(C)N. The van der Waals surface area contributed by atoms with Crippen molar-refractivity contribution in [3.8, 4) is 0 Å². The van der Waals surface area contributed by atoms with E-state index in [1.54, 1.807) is 0 Å². The monoisotopic (exact) mass is 229 g/mol. The molecule has 0 aliphatic heterocycles. The second-order valence-electron chi connectivity index (χ2n) is 3.64. The lowest BCUT2D eigenvalue weighted by atomic mass is 10.3. The third kappa shape index (κ3) is 4.61. The third-order valence-electron chi connectivity index (χ3n) is 1.99. The van der Waals surface area contributed by atoms with Gasteiger partial charge in [0, 0.05) is 12.6 Å². The van der Waals surface area contributed by atoms with Gasteiger partial charge in [0.25, 0.3) is 0 Å². The molecule has 0 saturated heterocycles. The number of rotatable bonds is 7. The van der Waals surface area contributed by atoms with Gasteiger partial charge in [0.15, 0.2) is 5.82 Å². The Morgan fingerprint density at radius 3 is 3.00 bits per heavy atom. The van der Waals surface area contributed by atoms with Crippen molar-refractivity contribution in [3.63, 3.8) is 0 Å². The van der Waals surface area contributed by atoms with Crippen LogP contribution in [0.5, 0.6) is 0 Å². The average Bonchev–Trinajstić information content (AvgIpc) is 2.61. The quantitative estimate of drug-likeness (QED) is 0.708. The molecule has 1 unspecified atom stereocenters. The number of tetrazole rings is 1. The van der Waals surface area contributed by atoms with E-state index in [2.05, 4.69) is 22.4 Å². The summed E-state index contributed by atoms with van der Waals surface area (Å²) in [5.74, 6) is 2.91. The van der Waals surface area contributed by atoms with Crippen molar-refractivity contribution >= 4 is 11.8 Å². The van der Waals surface area contributed by atoms with E-state index in [-0.39, 0.29) is 6.04 Å². The Morgan fingerprint density at radius 1 is 1.53 bits per heavy atom. The number of thioether (sulfide) groups is 1. The summed E-state index contributed by atoms with van der Waals surface area (Å²) in [5.41, 5.74) is 5.67. The summed E-state index contributed by atoms with van der Waals surface area (Å²) in [6, 6.07) is 0.282. The molecule has 15 heavy (non-hydrogen) atoms. The fourth-order valence-electron chi connectivity index (χ4n) is 1.14. The molecule has 0 spiro atoms. The van der Waals surface area contributed by atoms with Crippen molar-refractivity contribution < 1.29 is 0 Å². The van der Waals surface area contributed by atoms with E-state index in [1.807, 2.05) is 23.4 Å². The molecule has 0 aliphatic rings. The number of aromatic nitrogens is 4. The third-order valence-corrected chi connectivity index (χ3v) is 2.98. The number of nitrogens with two attached hydrogens (primary N) is 1. The topological polar surface area (TPSA) is 69.6 Å². The van der Waals surface area contributed by atoms with Crippen LogP contribution in [0.15, 0.2) is 0 Å². The maximum atomic E-state index is 5.67. The number of hydrogen-bond donors (Lipinski definition) is 1. The molecular formula is C9H19N5S. The van der Waals surface area contributed by atoms with Crippen LogP contribution < -0.4 is 5.73 Å². The van der Waals surface area contributed by atoms with Crippen LogP contribution in [0.2, 0.25) is 0 Å². The highest BCUT2D eigenvalue weighted by molar-refractivity contribution is 7.98. The smallest absolute Gasteiger partial charge is 0.161 e. The van der Waals surface area contributed by atoms with Crippen LogP contribution in [0, 0.1) is 0 Å². The number of aryl methyl sites for hydroxylation is 1. The van der Waals surface area contributed by atoms with Crippen molar-refractivity contribution in [3.05, 3.63) is 5.82 Å². The first kappa shape index (κ1) is 12.4. The van der Waals surface area contributed by atoms with Crippen molar-refractivity contribution in [1.29, 1.82) is 0 Å². The first-order valence-electron chi connectivity index (χ1n) is 5.32. The summed E-state index contributed by atoms with van der Waals surface area (Å²) in [4.78, 5) is 0. The molecule has 1 aromatic heterocycles. The minimum atomic E-state index is 0.282. The fraction of sp³-hybridized carbons (Fsp3) is 0.889. The van der Waals surface area contributed by atoms with E-state index in [4.69, 9.17) is 5.73 Å². The van der Waals surface area contributed by atoms with E-state index in [9.17, 15) is 0 Å². The van der Waals surface area contributed by atoms with Gasteiger partial charge in [-0.25, -0.2) is 4.68 Å². The number of nitrogens with zero attached hydrogens (tertiary/aromatic N) is 4. The van der Waals surface area contributed by atoms with E-state index in [0.717, 1.165) is 36.7 Å². The van der Waals surface area contributed by atoms with E-state index >= 15 is 0 Å². The van der Waals surface area contributed by atoms with Crippen molar-refractivity contribution in [2.75, 3.05) is 5.75 Å². The molecule has 2 N–H and O–H groups in total. The van der Waals surface area contributed by atoms with Gasteiger partial charge in [-0.3, -0.25) is 0 Å². The van der Waals surface area contributed by atoms with Gasteiger partial charge in [-0.2, -0.15) is 11.8 Å². The van der Waals surface area contributed by atoms with Gasteiger partial charge in [-0.1, -0.05) is 6.92 Å². The largest absolute Gasteiger partial charge is 0.328 e. The van der Waals surface area contributed by atoms with Crippen LogP contribution in [0.1, 0.15) is 32.5 Å². The summed E-state index contributed by atoms with van der Waals surface area (Å²) in [6.07, 6.45) is 2.10. The van der Waals surface area contributed by atoms with Crippen molar-refractivity contribution in [1.82, 2.24) is 20.2 Å². The van der Waals surface area contributed by atoms with Crippen molar-refractivity contribution in [2.45, 2.75) is 45.0 Å². The second kappa shape index (κ2) is 6.79. The first-order valence-corrected chi connectivity index (χ1v) is 6.48. The summed E-state index contributed by atoms with van der Waals surface area (Å²) >= 11 is 1.84. The lowest BCUT2D eigenvalue weighted by Gasteiger charge is -2.04. The first-order chi connectivity index (χ1) is 7.24. The van der Waals surface area contributed by atoms with Crippen molar-refractivity contribution in [2.24, 2.45) is 5.73 Å². The van der Waals surface area contributed by atoms with Gasteiger partial charge >= 0.3 is 0 Å². The van der Waals surface area contributed by atoms with Gasteiger partial charge in [0.2, 0.25) is 0 Å². The molecular weight excluding hydrogens is 210 g/mol. The summed E-state index contributed by atoms with van der Waals surface area (Å²) in [5, 5.41) is 11.6. The maximum Gasteiger partial charge on any atom is 0.161 e. The van der Waals surface area contributed by atoms with Crippen LogP contribution in [0.25, 0.3) is 0 Å². The molecule has 0 aliphatic carbocycles. The Labute approximate surface area is 94.8 Å². The van der Waals surface area contributed by atoms with Crippen LogP contribution in [-0.4, -0.2) is 32.0 Å². The van der Waals surface area contributed by atoms with Crippen LogP contribution in [-0.2, 0) is 12.3 Å². The predicted molar refractivity (Wildman–Crippen MR) is 62.5 cm³/mol. The van der Waals surface area contributed by atoms with Gasteiger partial charge in [-0.05, 0) is 35.9 Å². The van der Waals surface area contributed by atoms with Gasteiger partial charge in [-0.15, -0.1) is 5.10 Å². The Hall–Kier alpha value is -0.620. The molecule has 1 aromatic rings. The molecule has 0 aromatic carbocycles. The molecule has 0 amide bonds. The minimum absolute atomic E-state index is 0.282. The lowest BCUT2D eigenvalue weighted by Crippen LogP contribution is -2.15. The van der Waals surface area contributed by atoms with Gasteiger partial charge in [0.1, 0.15) is 0 Å². The molecule has 1 atom stereocenters. The molecule has 5 nitrogen and oxygen atoms in total. The molecule has 0 fully saturated rings. The molecule has 86 valence electrons. The van der Waals surface area contributed by atoms with Gasteiger partial charge < -0.3 is 5.73 Å². The highest BCUT2D eigenvalue weighted by Gasteiger charge is 2.04. The zero-order valence-electron chi connectivity index (χ0n) is 9.39. The molecule has 6 heteroatoms. The highest BCUT2D eigenvalue weighted by Crippen LogP contribution is 2.11. The molecule has 1 rings (SSSR count). The molecule has 0 radical (unpaired) electrons. The predicted octanol–water partition coefficient (Wildman–Crippen LogP) is 1.05.